The van der Waals surface area contributed by atoms with Crippen LogP contribution in [0.4, 0.5) is 0 Å². The fraction of sp³-hybridized carbons (Fsp3) is 0.435. The Labute approximate surface area is 192 Å². The van der Waals surface area contributed by atoms with E-state index in [1.807, 2.05) is 24.3 Å². The van der Waals surface area contributed by atoms with Crippen LogP contribution in [0, 0.1) is 0 Å². The Balaban J connectivity index is 2.34. The van der Waals surface area contributed by atoms with E-state index in [0.29, 0.717) is 29.0 Å². The molecule has 0 amide bonds. The molecule has 0 saturated carbocycles. The van der Waals surface area contributed by atoms with E-state index in [4.69, 9.17) is 23.7 Å². The molecule has 0 radical (unpaired) electrons. The molecule has 6 nitrogen and oxygen atoms in total. The summed E-state index contributed by atoms with van der Waals surface area (Å²) in [4.78, 5) is 13.1. The van der Waals surface area contributed by atoms with Crippen molar-refractivity contribution in [2.75, 3.05) is 34.4 Å². The van der Waals surface area contributed by atoms with Crippen LogP contribution < -0.4 is 13.9 Å². The number of carbonyl (C=O) groups excluding carboxylic acids is 1. The number of methoxy groups -OCH3 is 2. The normalized spacial score (nSPS) is 11.3. The zero-order chi connectivity index (χ0) is 22.7. The van der Waals surface area contributed by atoms with Gasteiger partial charge in [-0.05, 0) is 0 Å². The van der Waals surface area contributed by atoms with Crippen molar-refractivity contribution in [2.24, 2.45) is 0 Å². The summed E-state index contributed by atoms with van der Waals surface area (Å²) in [6, 6.07) is 14.7. The summed E-state index contributed by atoms with van der Waals surface area (Å²) in [5, 5.41) is 0.697. The summed E-state index contributed by atoms with van der Waals surface area (Å²) in [5.74, 6) is 0.597. The molecule has 0 saturated heterocycles. The van der Waals surface area contributed by atoms with Crippen LogP contribution in [0.2, 0.25) is 25.7 Å². The molecule has 0 fully saturated rings. The molecule has 8 heteroatoms. The van der Waals surface area contributed by atoms with Crippen molar-refractivity contribution in [3.05, 3.63) is 53.6 Å². The zero-order valence-corrected chi connectivity index (χ0v) is 21.6. The molecule has 0 heterocycles. The van der Waals surface area contributed by atoms with Crippen LogP contribution in [0.25, 0.3) is 0 Å². The Morgan fingerprint density at radius 1 is 0.968 bits per heavy atom. The van der Waals surface area contributed by atoms with Crippen LogP contribution in [-0.4, -0.2) is 63.4 Å². The van der Waals surface area contributed by atoms with Gasteiger partial charge in [0.25, 0.3) is 0 Å². The first-order valence-electron chi connectivity index (χ1n) is 10.1. The van der Waals surface area contributed by atoms with Crippen molar-refractivity contribution >= 4 is 33.5 Å². The summed E-state index contributed by atoms with van der Waals surface area (Å²) in [6.45, 7) is 7.29. The van der Waals surface area contributed by atoms with E-state index in [1.165, 1.54) is 11.6 Å². The second-order valence-corrected chi connectivity index (χ2v) is 15.9. The molecule has 0 bridgehead atoms. The molecular formula is C23H32O6SeSi. The van der Waals surface area contributed by atoms with Gasteiger partial charge in [-0.2, -0.15) is 0 Å². The molecule has 2 aromatic carbocycles. The second-order valence-electron chi connectivity index (χ2n) is 8.11. The predicted molar refractivity (Wildman–Crippen MR) is 125 cm³/mol. The fourth-order valence-corrected chi connectivity index (χ4v) is 5.24. The Hall–Kier alpha value is -1.83. The predicted octanol–water partition coefficient (Wildman–Crippen LogP) is 3.68. The molecule has 0 spiro atoms. The van der Waals surface area contributed by atoms with Crippen molar-refractivity contribution in [1.82, 2.24) is 0 Å². The van der Waals surface area contributed by atoms with Gasteiger partial charge in [0.15, 0.2) is 0 Å². The molecule has 0 unspecified atom stereocenters. The summed E-state index contributed by atoms with van der Waals surface area (Å²) < 4.78 is 28.4. The first-order chi connectivity index (χ1) is 14.8. The van der Waals surface area contributed by atoms with Crippen molar-refractivity contribution in [2.45, 2.75) is 31.0 Å². The number of carbonyl (C=O) groups is 1. The van der Waals surface area contributed by atoms with Gasteiger partial charge >= 0.3 is 192 Å². The second kappa shape index (κ2) is 12.9. The van der Waals surface area contributed by atoms with E-state index in [-0.39, 0.29) is 34.5 Å². The first kappa shape index (κ1) is 25.4. The van der Waals surface area contributed by atoms with E-state index in [1.54, 1.807) is 13.2 Å². The Kier molecular flexibility index (Phi) is 10.6. The van der Waals surface area contributed by atoms with Gasteiger partial charge in [-0.15, -0.1) is 0 Å². The fourth-order valence-electron chi connectivity index (χ4n) is 2.64. The van der Waals surface area contributed by atoms with Gasteiger partial charge in [-0.25, -0.2) is 0 Å². The number of esters is 1. The molecule has 31 heavy (non-hydrogen) atoms. The molecule has 0 aliphatic heterocycles. The van der Waals surface area contributed by atoms with Gasteiger partial charge in [-0.1, -0.05) is 0 Å². The van der Waals surface area contributed by atoms with E-state index in [9.17, 15) is 4.79 Å². The average Bonchev–Trinajstić information content (AvgIpc) is 2.74. The first-order valence-corrected chi connectivity index (χ1v) is 15.9. The molecule has 170 valence electrons. The average molecular weight is 512 g/mol. The number of ether oxygens (including phenoxy) is 5. The van der Waals surface area contributed by atoms with Gasteiger partial charge in [0.05, 0.1) is 0 Å². The minimum absolute atomic E-state index is 0.0200. The molecule has 0 N–H and O–H groups in total. The third kappa shape index (κ3) is 9.05. The van der Waals surface area contributed by atoms with Crippen molar-refractivity contribution in [3.63, 3.8) is 0 Å². The van der Waals surface area contributed by atoms with Gasteiger partial charge in [0.2, 0.25) is 0 Å². The van der Waals surface area contributed by atoms with Crippen LogP contribution in [0.15, 0.2) is 42.5 Å². The Bertz CT molecular complexity index is 823. The monoisotopic (exact) mass is 512 g/mol. The Morgan fingerprint density at radius 3 is 2.29 bits per heavy atom. The van der Waals surface area contributed by atoms with Crippen LogP contribution >= 0.6 is 0 Å². The number of benzene rings is 2. The van der Waals surface area contributed by atoms with E-state index in [2.05, 4.69) is 31.8 Å². The molecule has 2 aromatic rings. The third-order valence-corrected chi connectivity index (χ3v) is 8.19. The van der Waals surface area contributed by atoms with Crippen molar-refractivity contribution in [3.8, 4) is 11.5 Å². The van der Waals surface area contributed by atoms with Crippen LogP contribution in [-0.2, 0) is 19.5 Å². The van der Waals surface area contributed by atoms with Gasteiger partial charge in [-0.3, -0.25) is 0 Å². The molecule has 0 aromatic heterocycles. The standard InChI is InChI=1S/C23H32O6SeSi/c1-25-16-28-19-13-18(15-30-20-9-7-6-8-10-20)22(21(14-19)29-17-26-2)23(24)27-11-12-31(3,4)5/h6-10,13-14H,11-12,15-17H2,1-5H3. The van der Waals surface area contributed by atoms with E-state index in [0.717, 1.165) is 11.6 Å². The van der Waals surface area contributed by atoms with Crippen LogP contribution in [0.5, 0.6) is 11.5 Å². The summed E-state index contributed by atoms with van der Waals surface area (Å²) in [5.41, 5.74) is 1.27. The zero-order valence-electron chi connectivity index (χ0n) is 18.9. The molecule has 0 aliphatic rings. The van der Waals surface area contributed by atoms with Gasteiger partial charge in [0.1, 0.15) is 0 Å². The maximum absolute atomic E-state index is 13.1. The molecule has 2 rings (SSSR count). The summed E-state index contributed by atoms with van der Waals surface area (Å²) in [6.07, 6.45) is 0. The van der Waals surface area contributed by atoms with Crippen LogP contribution in [0.1, 0.15) is 15.9 Å². The quantitative estimate of drug-likeness (QED) is 0.232. The molecular weight excluding hydrogens is 479 g/mol. The summed E-state index contributed by atoms with van der Waals surface area (Å²) >= 11 is 0.132. The molecule has 0 aliphatic carbocycles. The minimum atomic E-state index is -1.32. The Morgan fingerprint density at radius 2 is 1.65 bits per heavy atom. The number of hydrogen-bond acceptors (Lipinski definition) is 6. The van der Waals surface area contributed by atoms with Crippen LogP contribution in [0.3, 0.4) is 0 Å². The van der Waals surface area contributed by atoms with Crippen molar-refractivity contribution < 1.29 is 28.5 Å². The topological polar surface area (TPSA) is 63.2 Å². The van der Waals surface area contributed by atoms with Gasteiger partial charge in [0, 0.05) is 0 Å². The van der Waals surface area contributed by atoms with Gasteiger partial charge < -0.3 is 0 Å². The van der Waals surface area contributed by atoms with Crippen molar-refractivity contribution in [1.29, 1.82) is 0 Å². The van der Waals surface area contributed by atoms with E-state index < -0.39 is 8.07 Å². The maximum atomic E-state index is 13.1. The SMILES string of the molecule is COCOc1cc(C[Se]c2ccccc2)c(C(=O)OCC[Si](C)(C)C)c(OCOC)c1. The summed E-state index contributed by atoms with van der Waals surface area (Å²) in [7, 11) is 1.78. The number of hydrogen-bond donors (Lipinski definition) is 0. The third-order valence-electron chi connectivity index (χ3n) is 4.26. The molecule has 0 atom stereocenters. The van der Waals surface area contributed by atoms with E-state index >= 15 is 0 Å². The number of rotatable bonds is 13.